The minimum Gasteiger partial charge on any atom is -0.493 e. The first kappa shape index (κ1) is 18.8. The van der Waals surface area contributed by atoms with Gasteiger partial charge in [-0.15, -0.1) is 12.4 Å². The Morgan fingerprint density at radius 2 is 2.18 bits per heavy atom. The van der Waals surface area contributed by atoms with Crippen LogP contribution in [0.5, 0.6) is 5.75 Å². The highest BCUT2D eigenvalue weighted by Gasteiger charge is 2.25. The van der Waals surface area contributed by atoms with Gasteiger partial charge in [-0.2, -0.15) is 0 Å². The number of hydrogen-bond acceptors (Lipinski definition) is 3. The molecule has 0 bridgehead atoms. The molecule has 0 aromatic heterocycles. The molecular formula is C17H27ClN2O2. The van der Waals surface area contributed by atoms with Crippen molar-refractivity contribution in [3.8, 4) is 5.75 Å². The van der Waals surface area contributed by atoms with Crippen LogP contribution >= 0.6 is 12.4 Å². The van der Waals surface area contributed by atoms with Crippen molar-refractivity contribution in [2.24, 2.45) is 17.6 Å². The van der Waals surface area contributed by atoms with Gasteiger partial charge < -0.3 is 15.8 Å². The van der Waals surface area contributed by atoms with E-state index in [1.165, 1.54) is 0 Å². The summed E-state index contributed by atoms with van der Waals surface area (Å²) in [6.07, 6.45) is 3.79. The van der Waals surface area contributed by atoms with Gasteiger partial charge in [-0.1, -0.05) is 26.3 Å². The smallest absolute Gasteiger partial charge is 0.227 e. The Bertz CT molecular complexity index is 479. The summed E-state index contributed by atoms with van der Waals surface area (Å²) in [5, 5.41) is 2.99. The van der Waals surface area contributed by atoms with E-state index in [4.69, 9.17) is 10.5 Å². The molecule has 5 heteroatoms. The van der Waals surface area contributed by atoms with Crippen LogP contribution < -0.4 is 15.8 Å². The molecule has 0 saturated heterocycles. The molecule has 22 heavy (non-hydrogen) atoms. The Balaban J connectivity index is 0.00000242. The molecule has 1 aromatic rings. The molecule has 0 aliphatic heterocycles. The van der Waals surface area contributed by atoms with Gasteiger partial charge in [-0.3, -0.25) is 4.79 Å². The van der Waals surface area contributed by atoms with Crippen molar-refractivity contribution in [2.75, 3.05) is 11.9 Å². The van der Waals surface area contributed by atoms with Crippen molar-refractivity contribution >= 4 is 24.0 Å². The molecule has 2 unspecified atom stereocenters. The summed E-state index contributed by atoms with van der Waals surface area (Å²) in [6.45, 7) is 4.89. The van der Waals surface area contributed by atoms with E-state index in [9.17, 15) is 4.79 Å². The van der Waals surface area contributed by atoms with Crippen molar-refractivity contribution < 1.29 is 9.53 Å². The first-order valence-electron chi connectivity index (χ1n) is 7.84. The van der Waals surface area contributed by atoms with Crippen molar-refractivity contribution in [1.82, 2.24) is 0 Å². The van der Waals surface area contributed by atoms with Gasteiger partial charge in [0.15, 0.2) is 0 Å². The van der Waals surface area contributed by atoms with Crippen LogP contribution in [0.3, 0.4) is 0 Å². The normalized spacial score (nSPS) is 21.1. The highest BCUT2D eigenvalue weighted by molar-refractivity contribution is 5.92. The number of benzene rings is 1. The number of nitrogens with two attached hydrogens (primary N) is 1. The molecule has 0 radical (unpaired) electrons. The van der Waals surface area contributed by atoms with E-state index < -0.39 is 0 Å². The van der Waals surface area contributed by atoms with Gasteiger partial charge >= 0.3 is 0 Å². The fourth-order valence-corrected chi connectivity index (χ4v) is 2.64. The third-order valence-corrected chi connectivity index (χ3v) is 3.77. The van der Waals surface area contributed by atoms with E-state index in [1.54, 1.807) is 0 Å². The molecule has 2 rings (SSSR count). The summed E-state index contributed by atoms with van der Waals surface area (Å²) < 4.78 is 5.68. The van der Waals surface area contributed by atoms with Crippen LogP contribution in [0.25, 0.3) is 0 Å². The quantitative estimate of drug-likeness (QED) is 0.869. The van der Waals surface area contributed by atoms with Gasteiger partial charge in [-0.05, 0) is 37.3 Å². The van der Waals surface area contributed by atoms with Crippen LogP contribution in [0, 0.1) is 11.8 Å². The van der Waals surface area contributed by atoms with E-state index in [0.717, 1.165) is 37.1 Å². The lowest BCUT2D eigenvalue weighted by Gasteiger charge is -2.25. The number of rotatable bonds is 5. The van der Waals surface area contributed by atoms with Crippen LogP contribution in [0.2, 0.25) is 0 Å². The van der Waals surface area contributed by atoms with Crippen LogP contribution in [0.15, 0.2) is 24.3 Å². The molecule has 0 spiro atoms. The topological polar surface area (TPSA) is 64.3 Å². The molecule has 1 aliphatic rings. The zero-order valence-electron chi connectivity index (χ0n) is 13.4. The second-order valence-corrected chi connectivity index (χ2v) is 6.35. The summed E-state index contributed by atoms with van der Waals surface area (Å²) in [6, 6.07) is 7.74. The Morgan fingerprint density at radius 1 is 1.41 bits per heavy atom. The minimum atomic E-state index is 0. The Morgan fingerprint density at radius 3 is 2.86 bits per heavy atom. The number of hydrogen-bond donors (Lipinski definition) is 2. The summed E-state index contributed by atoms with van der Waals surface area (Å²) >= 11 is 0. The predicted octanol–water partition coefficient (Wildman–Crippen LogP) is 3.60. The average molecular weight is 327 g/mol. The standard InChI is InChI=1S/C17H26N2O2.ClH/c1-12(2)11-21-16-8-4-7-15(10-16)19-17(20)13-5-3-6-14(18)9-13;/h4,7-8,10,12-14H,3,5-6,9,11,18H2,1-2H3,(H,19,20);1H. The number of anilines is 1. The summed E-state index contributed by atoms with van der Waals surface area (Å²) in [4.78, 5) is 12.3. The van der Waals surface area contributed by atoms with Gasteiger partial charge in [0.25, 0.3) is 0 Å². The molecule has 3 N–H and O–H groups in total. The zero-order valence-corrected chi connectivity index (χ0v) is 14.2. The summed E-state index contributed by atoms with van der Waals surface area (Å²) in [5.41, 5.74) is 6.74. The Kier molecular flexibility index (Phi) is 7.69. The lowest BCUT2D eigenvalue weighted by molar-refractivity contribution is -0.120. The zero-order chi connectivity index (χ0) is 15.2. The second-order valence-electron chi connectivity index (χ2n) is 6.35. The third kappa shape index (κ3) is 5.85. The largest absolute Gasteiger partial charge is 0.493 e. The molecular weight excluding hydrogens is 300 g/mol. The summed E-state index contributed by atoms with van der Waals surface area (Å²) in [5.74, 6) is 1.38. The van der Waals surface area contributed by atoms with E-state index in [2.05, 4.69) is 19.2 Å². The summed E-state index contributed by atoms with van der Waals surface area (Å²) in [7, 11) is 0. The van der Waals surface area contributed by atoms with Crippen molar-refractivity contribution in [3.63, 3.8) is 0 Å². The van der Waals surface area contributed by atoms with Crippen LogP contribution in [-0.4, -0.2) is 18.6 Å². The van der Waals surface area contributed by atoms with Crippen LogP contribution in [0.1, 0.15) is 39.5 Å². The van der Waals surface area contributed by atoms with Crippen LogP contribution in [-0.2, 0) is 4.79 Å². The number of halogens is 1. The molecule has 1 aromatic carbocycles. The number of nitrogens with one attached hydrogen (secondary N) is 1. The van der Waals surface area contributed by atoms with Crippen molar-refractivity contribution in [3.05, 3.63) is 24.3 Å². The lowest BCUT2D eigenvalue weighted by Crippen LogP contribution is -2.34. The molecule has 1 amide bonds. The van der Waals surface area contributed by atoms with Gasteiger partial charge in [0, 0.05) is 23.7 Å². The monoisotopic (exact) mass is 326 g/mol. The number of carbonyl (C=O) groups is 1. The molecule has 1 fully saturated rings. The van der Waals surface area contributed by atoms with Gasteiger partial charge in [0.1, 0.15) is 5.75 Å². The number of amides is 1. The molecule has 2 atom stereocenters. The van der Waals surface area contributed by atoms with E-state index in [1.807, 2.05) is 24.3 Å². The molecule has 124 valence electrons. The van der Waals surface area contributed by atoms with Crippen molar-refractivity contribution in [1.29, 1.82) is 0 Å². The van der Waals surface area contributed by atoms with E-state index >= 15 is 0 Å². The maximum atomic E-state index is 12.3. The molecule has 1 saturated carbocycles. The lowest BCUT2D eigenvalue weighted by atomic mass is 9.85. The third-order valence-electron chi connectivity index (χ3n) is 3.77. The molecule has 1 aliphatic carbocycles. The van der Waals surface area contributed by atoms with E-state index in [0.29, 0.717) is 12.5 Å². The average Bonchev–Trinajstić information content (AvgIpc) is 2.45. The van der Waals surface area contributed by atoms with Gasteiger partial charge in [0.05, 0.1) is 6.61 Å². The maximum absolute atomic E-state index is 12.3. The predicted molar refractivity (Wildman–Crippen MR) is 92.6 cm³/mol. The Labute approximate surface area is 139 Å². The van der Waals surface area contributed by atoms with Gasteiger partial charge in [0.2, 0.25) is 5.91 Å². The fraction of sp³-hybridized carbons (Fsp3) is 0.588. The fourth-order valence-electron chi connectivity index (χ4n) is 2.64. The van der Waals surface area contributed by atoms with Gasteiger partial charge in [-0.25, -0.2) is 0 Å². The number of ether oxygens (including phenoxy) is 1. The molecule has 4 nitrogen and oxygen atoms in total. The minimum absolute atomic E-state index is 0. The maximum Gasteiger partial charge on any atom is 0.227 e. The first-order valence-corrected chi connectivity index (χ1v) is 7.84. The highest BCUT2D eigenvalue weighted by atomic mass is 35.5. The first-order chi connectivity index (χ1) is 10.0. The van der Waals surface area contributed by atoms with Crippen LogP contribution in [0.4, 0.5) is 5.69 Å². The second kappa shape index (κ2) is 9.01. The Hall–Kier alpha value is -1.26. The van der Waals surface area contributed by atoms with E-state index in [-0.39, 0.29) is 30.3 Å². The SMILES string of the molecule is CC(C)COc1cccc(NC(=O)C2CCCC(N)C2)c1.Cl. The highest BCUT2D eigenvalue weighted by Crippen LogP contribution is 2.25. The van der Waals surface area contributed by atoms with Crippen molar-refractivity contribution in [2.45, 2.75) is 45.6 Å². The molecule has 0 heterocycles. The number of carbonyl (C=O) groups excluding carboxylic acids is 1.